The molecule has 6 nitrogen and oxygen atoms in total. The van der Waals surface area contributed by atoms with E-state index in [9.17, 15) is 14.7 Å². The van der Waals surface area contributed by atoms with E-state index in [0.29, 0.717) is 0 Å². The van der Waals surface area contributed by atoms with E-state index in [1.54, 1.807) is 6.92 Å². The Hall–Kier alpha value is -1.40. The van der Waals surface area contributed by atoms with Gasteiger partial charge in [0.05, 0.1) is 19.3 Å². The highest BCUT2D eigenvalue weighted by atomic mass is 16.4. The molecule has 1 amide bonds. The molecule has 0 saturated heterocycles. The van der Waals surface area contributed by atoms with Gasteiger partial charge in [-0.3, -0.25) is 14.5 Å². The van der Waals surface area contributed by atoms with Crippen molar-refractivity contribution in [2.24, 2.45) is 0 Å². The number of carboxylic acid groups (broad SMARTS) is 1. The molecule has 3 N–H and O–H groups in total. The predicted octanol–water partition coefficient (Wildman–Crippen LogP) is 0.964. The molecule has 0 rings (SSSR count). The van der Waals surface area contributed by atoms with Crippen LogP contribution in [-0.2, 0) is 9.59 Å². The Morgan fingerprint density at radius 3 is 2.60 bits per heavy atom. The number of nitrogens with one attached hydrogen (secondary N) is 1. The molecule has 0 aromatic heterocycles. The van der Waals surface area contributed by atoms with Crippen LogP contribution in [0.25, 0.3) is 0 Å². The summed E-state index contributed by atoms with van der Waals surface area (Å²) in [5.74, 6) is -1.24. The van der Waals surface area contributed by atoms with E-state index in [-0.39, 0.29) is 25.7 Å². The van der Waals surface area contributed by atoms with Crippen LogP contribution in [0.5, 0.6) is 0 Å². The number of carbonyl (C=O) groups excluding carboxylic acids is 1. The second-order valence-electron chi connectivity index (χ2n) is 4.85. The van der Waals surface area contributed by atoms with E-state index in [2.05, 4.69) is 12.2 Å². The van der Waals surface area contributed by atoms with E-state index in [4.69, 9.17) is 5.11 Å². The monoisotopic (exact) mass is 286 g/mol. The highest BCUT2D eigenvalue weighted by Gasteiger charge is 2.12. The second-order valence-corrected chi connectivity index (χ2v) is 4.85. The van der Waals surface area contributed by atoms with Gasteiger partial charge in [0.2, 0.25) is 5.91 Å². The molecule has 20 heavy (non-hydrogen) atoms. The fourth-order valence-corrected chi connectivity index (χ4v) is 1.70. The second kappa shape index (κ2) is 11.4. The fraction of sp³-hybridized carbons (Fsp3) is 0.714. The zero-order valence-electron chi connectivity index (χ0n) is 12.3. The van der Waals surface area contributed by atoms with Gasteiger partial charge in [0.15, 0.2) is 0 Å². The maximum atomic E-state index is 11.5. The number of carbonyl (C=O) groups is 2. The topological polar surface area (TPSA) is 89.9 Å². The van der Waals surface area contributed by atoms with Crippen molar-refractivity contribution >= 4 is 11.9 Å². The first-order chi connectivity index (χ1) is 9.45. The maximum absolute atomic E-state index is 11.5. The van der Waals surface area contributed by atoms with Crippen molar-refractivity contribution in [3.63, 3.8) is 0 Å². The number of hydrogen-bond acceptors (Lipinski definition) is 4. The number of aliphatic hydroxyl groups excluding tert-OH is 1. The van der Waals surface area contributed by atoms with Crippen LogP contribution in [0.2, 0.25) is 0 Å². The van der Waals surface area contributed by atoms with Crippen molar-refractivity contribution in [3.05, 3.63) is 12.2 Å². The van der Waals surface area contributed by atoms with E-state index in [1.165, 1.54) is 11.0 Å². The Morgan fingerprint density at radius 2 is 2.05 bits per heavy atom. The largest absolute Gasteiger partial charge is 0.480 e. The first-order valence-corrected chi connectivity index (χ1v) is 7.02. The zero-order chi connectivity index (χ0) is 15.4. The smallest absolute Gasteiger partial charge is 0.317 e. The van der Waals surface area contributed by atoms with E-state index >= 15 is 0 Å². The van der Waals surface area contributed by atoms with Crippen LogP contribution in [0.4, 0.5) is 0 Å². The third-order valence-corrected chi connectivity index (χ3v) is 2.60. The summed E-state index contributed by atoms with van der Waals surface area (Å²) in [6.07, 6.45) is 6.87. The molecular weight excluding hydrogens is 260 g/mol. The molecule has 0 spiro atoms. The van der Waals surface area contributed by atoms with Gasteiger partial charge in [-0.05, 0) is 25.8 Å². The van der Waals surface area contributed by atoms with Crippen LogP contribution in [-0.4, -0.2) is 52.9 Å². The maximum Gasteiger partial charge on any atom is 0.317 e. The van der Waals surface area contributed by atoms with Gasteiger partial charge in [-0.1, -0.05) is 25.8 Å². The quantitative estimate of drug-likeness (QED) is 0.299. The summed E-state index contributed by atoms with van der Waals surface area (Å²) in [5, 5.41) is 20.6. The Balaban J connectivity index is 4.00. The number of carboxylic acids is 1. The Labute approximate surface area is 120 Å². The van der Waals surface area contributed by atoms with Crippen LogP contribution in [0.1, 0.15) is 39.5 Å². The summed E-state index contributed by atoms with van der Waals surface area (Å²) in [6, 6.07) is 0. The lowest BCUT2D eigenvalue weighted by atomic mass is 10.2. The number of nitrogens with zero attached hydrogens (tertiary/aromatic N) is 1. The summed E-state index contributed by atoms with van der Waals surface area (Å²) in [6.45, 7) is 3.79. The van der Waals surface area contributed by atoms with E-state index in [0.717, 1.165) is 25.7 Å². The summed E-state index contributed by atoms with van der Waals surface area (Å²) in [4.78, 5) is 23.6. The van der Waals surface area contributed by atoms with Gasteiger partial charge in [0, 0.05) is 6.54 Å². The van der Waals surface area contributed by atoms with Gasteiger partial charge in [-0.2, -0.15) is 0 Å². The molecule has 0 heterocycles. The van der Waals surface area contributed by atoms with Gasteiger partial charge >= 0.3 is 5.97 Å². The summed E-state index contributed by atoms with van der Waals surface area (Å²) in [7, 11) is 0. The lowest BCUT2D eigenvalue weighted by molar-refractivity contribution is -0.139. The molecule has 0 aliphatic heterocycles. The fourth-order valence-electron chi connectivity index (χ4n) is 1.70. The van der Waals surface area contributed by atoms with Gasteiger partial charge in [0.1, 0.15) is 0 Å². The minimum atomic E-state index is -0.991. The first-order valence-electron chi connectivity index (χ1n) is 7.02. The van der Waals surface area contributed by atoms with E-state index < -0.39 is 12.1 Å². The van der Waals surface area contributed by atoms with Crippen molar-refractivity contribution in [2.45, 2.75) is 45.6 Å². The molecule has 6 heteroatoms. The molecule has 0 aliphatic carbocycles. The van der Waals surface area contributed by atoms with Gasteiger partial charge < -0.3 is 15.5 Å². The summed E-state index contributed by atoms with van der Waals surface area (Å²) < 4.78 is 0. The van der Waals surface area contributed by atoms with Crippen molar-refractivity contribution < 1.29 is 19.8 Å². The lowest BCUT2D eigenvalue weighted by Crippen LogP contribution is -2.43. The van der Waals surface area contributed by atoms with Crippen molar-refractivity contribution in [2.75, 3.05) is 19.8 Å². The zero-order valence-corrected chi connectivity index (χ0v) is 12.3. The molecule has 0 aliphatic rings. The van der Waals surface area contributed by atoms with Gasteiger partial charge in [-0.15, -0.1) is 0 Å². The minimum Gasteiger partial charge on any atom is -0.480 e. The third-order valence-electron chi connectivity index (χ3n) is 2.60. The number of unbranched alkanes of at least 4 members (excludes halogenated alkanes) is 3. The molecule has 1 unspecified atom stereocenters. The predicted molar refractivity (Wildman–Crippen MR) is 77.2 cm³/mol. The number of aliphatic hydroxyl groups is 1. The molecular formula is C14H26N2O4. The average Bonchev–Trinajstić information content (AvgIpc) is 2.34. The standard InChI is InChI=1S/C14H26N2O4/c1-3-4-5-6-7-8-13(18)15-11-16(9-12(2)17)10-14(19)20/h7-8,12,17H,3-6,9-11H2,1-2H3,(H,15,18)(H,19,20)/b8-7+. The van der Waals surface area contributed by atoms with Crippen LogP contribution >= 0.6 is 0 Å². The van der Waals surface area contributed by atoms with Crippen LogP contribution in [0.3, 0.4) is 0 Å². The molecule has 0 fully saturated rings. The summed E-state index contributed by atoms with van der Waals surface area (Å²) in [5.41, 5.74) is 0. The van der Waals surface area contributed by atoms with Crippen LogP contribution < -0.4 is 5.32 Å². The summed E-state index contributed by atoms with van der Waals surface area (Å²) >= 11 is 0. The van der Waals surface area contributed by atoms with Crippen molar-refractivity contribution in [3.8, 4) is 0 Å². The molecule has 0 radical (unpaired) electrons. The van der Waals surface area contributed by atoms with Gasteiger partial charge in [0.25, 0.3) is 0 Å². The minimum absolute atomic E-state index is 0.106. The highest BCUT2D eigenvalue weighted by molar-refractivity contribution is 5.87. The first kappa shape index (κ1) is 18.6. The Bertz CT molecular complexity index is 316. The molecule has 1 atom stereocenters. The van der Waals surface area contributed by atoms with Crippen molar-refractivity contribution in [1.29, 1.82) is 0 Å². The van der Waals surface area contributed by atoms with Crippen LogP contribution in [0, 0.1) is 0 Å². The molecule has 0 aromatic carbocycles. The third kappa shape index (κ3) is 11.7. The Morgan fingerprint density at radius 1 is 1.35 bits per heavy atom. The molecule has 116 valence electrons. The highest BCUT2D eigenvalue weighted by Crippen LogP contribution is 1.99. The number of amides is 1. The van der Waals surface area contributed by atoms with E-state index in [1.807, 2.05) is 6.08 Å². The molecule has 0 aromatic rings. The van der Waals surface area contributed by atoms with Crippen LogP contribution in [0.15, 0.2) is 12.2 Å². The van der Waals surface area contributed by atoms with Crippen molar-refractivity contribution in [1.82, 2.24) is 10.2 Å². The normalized spacial score (nSPS) is 12.8. The lowest BCUT2D eigenvalue weighted by Gasteiger charge is -2.21. The molecule has 0 saturated carbocycles. The number of allylic oxidation sites excluding steroid dienone is 1. The Kier molecular flexibility index (Phi) is 10.6. The number of aliphatic carboxylic acids is 1. The number of hydrogen-bond donors (Lipinski definition) is 3. The molecule has 0 bridgehead atoms. The van der Waals surface area contributed by atoms with Gasteiger partial charge in [-0.25, -0.2) is 0 Å². The average molecular weight is 286 g/mol. The SMILES string of the molecule is CCCCC/C=C/C(=O)NCN(CC(=O)O)CC(C)O. The number of rotatable bonds is 11.